The van der Waals surface area contributed by atoms with E-state index in [0.717, 1.165) is 67.9 Å². The van der Waals surface area contributed by atoms with E-state index < -0.39 is 10.0 Å². The normalized spacial score (nSPS) is 14.1. The van der Waals surface area contributed by atoms with Gasteiger partial charge in [-0.3, -0.25) is 14.5 Å². The molecule has 1 saturated heterocycles. The number of nitrogens with zero attached hydrogens (tertiary/aromatic N) is 2. The van der Waals surface area contributed by atoms with E-state index in [1.165, 1.54) is 5.56 Å². The molecule has 11 heteroatoms. The van der Waals surface area contributed by atoms with Crippen LogP contribution in [0.3, 0.4) is 0 Å². The van der Waals surface area contributed by atoms with Crippen LogP contribution in [0, 0.1) is 0 Å². The highest BCUT2D eigenvalue weighted by Crippen LogP contribution is 2.25. The van der Waals surface area contributed by atoms with Crippen molar-refractivity contribution >= 4 is 51.6 Å². The van der Waals surface area contributed by atoms with Gasteiger partial charge in [0, 0.05) is 48.5 Å². The van der Waals surface area contributed by atoms with Gasteiger partial charge in [-0.25, -0.2) is 13.2 Å². The smallest absolute Gasteiger partial charge is 0.322 e. The van der Waals surface area contributed by atoms with Crippen LogP contribution >= 0.6 is 24.2 Å². The number of rotatable bonds is 12. The summed E-state index contributed by atoms with van der Waals surface area (Å²) in [6, 6.07) is 23.2. The van der Waals surface area contributed by atoms with Crippen LogP contribution < -0.4 is 19.7 Å². The molecule has 228 valence electrons. The number of sulfonamides is 1. The largest absolute Gasteiger partial charge is 0.457 e. The standard InChI is InChI=1S/C31H40N4O4S2.ClH/c1-4-5-19-35(27-7-6-8-30(22-27)40-2)31(36)32-25-17-20-34(21-18-25)23-24-9-13-28(14-10-24)39-29-15-11-26(12-16-29)33-41(3,37)38;/h6-16,22,25,33H,4-5,17-21,23H2,1-3H3,(H,32,36);1H. The SMILES string of the molecule is CCCCN(C(=O)NC1CCN(Cc2ccc(Oc3ccc(NS(C)(=O)=O)cc3)cc2)CC1)c1cccc(SC)c1.Cl. The first kappa shape index (κ1) is 33.6. The molecule has 0 unspecified atom stereocenters. The Morgan fingerprint density at radius 1 is 1.02 bits per heavy atom. The maximum Gasteiger partial charge on any atom is 0.322 e. The average molecular weight is 633 g/mol. The molecular formula is C31H41ClN4O4S2. The van der Waals surface area contributed by atoms with Gasteiger partial charge in [0.1, 0.15) is 11.5 Å². The zero-order chi connectivity index (χ0) is 29.2. The van der Waals surface area contributed by atoms with Crippen molar-refractivity contribution in [2.45, 2.75) is 50.1 Å². The Balaban J connectivity index is 0.00000484. The summed E-state index contributed by atoms with van der Waals surface area (Å²) in [5.41, 5.74) is 2.65. The van der Waals surface area contributed by atoms with Crippen molar-refractivity contribution < 1.29 is 17.9 Å². The van der Waals surface area contributed by atoms with Gasteiger partial charge in [-0.2, -0.15) is 0 Å². The maximum absolute atomic E-state index is 13.3. The summed E-state index contributed by atoms with van der Waals surface area (Å²) in [4.78, 5) is 18.7. The highest BCUT2D eigenvalue weighted by atomic mass is 35.5. The number of halogens is 1. The minimum atomic E-state index is -3.31. The number of urea groups is 1. The first-order valence-electron chi connectivity index (χ1n) is 14.0. The van der Waals surface area contributed by atoms with Gasteiger partial charge in [0.15, 0.2) is 0 Å². The van der Waals surface area contributed by atoms with E-state index in [9.17, 15) is 13.2 Å². The fourth-order valence-corrected chi connectivity index (χ4v) is 5.81. The molecule has 0 atom stereocenters. The van der Waals surface area contributed by atoms with E-state index in [2.05, 4.69) is 52.4 Å². The molecule has 0 spiro atoms. The second-order valence-corrected chi connectivity index (χ2v) is 13.0. The summed E-state index contributed by atoms with van der Waals surface area (Å²) in [5, 5.41) is 3.30. The Labute approximate surface area is 260 Å². The van der Waals surface area contributed by atoms with E-state index in [-0.39, 0.29) is 24.5 Å². The molecule has 1 aliphatic heterocycles. The topological polar surface area (TPSA) is 91.0 Å². The van der Waals surface area contributed by atoms with Crippen LogP contribution in [0.2, 0.25) is 0 Å². The molecule has 0 bridgehead atoms. The fourth-order valence-electron chi connectivity index (χ4n) is 4.79. The van der Waals surface area contributed by atoms with Crippen LogP contribution in [0.25, 0.3) is 0 Å². The molecule has 8 nitrogen and oxygen atoms in total. The number of hydrogen-bond donors (Lipinski definition) is 2. The van der Waals surface area contributed by atoms with Crippen molar-refractivity contribution in [3.05, 3.63) is 78.4 Å². The van der Waals surface area contributed by atoms with Crippen LogP contribution in [0.5, 0.6) is 11.5 Å². The van der Waals surface area contributed by atoms with Crippen molar-refractivity contribution in [3.8, 4) is 11.5 Å². The van der Waals surface area contributed by atoms with Crippen LogP contribution in [0.1, 0.15) is 38.2 Å². The molecule has 4 rings (SSSR count). The molecular weight excluding hydrogens is 592 g/mol. The number of carbonyl (C=O) groups excluding carboxylic acids is 1. The maximum atomic E-state index is 13.3. The molecule has 1 aliphatic rings. The number of carbonyl (C=O) groups is 1. The summed E-state index contributed by atoms with van der Waals surface area (Å²) in [6.07, 6.45) is 7.02. The van der Waals surface area contributed by atoms with Gasteiger partial charge in [-0.15, -0.1) is 24.2 Å². The number of benzene rings is 3. The van der Waals surface area contributed by atoms with E-state index in [1.807, 2.05) is 29.2 Å². The number of anilines is 2. The van der Waals surface area contributed by atoms with Crippen LogP contribution in [0.4, 0.5) is 16.2 Å². The zero-order valence-electron chi connectivity index (χ0n) is 24.4. The van der Waals surface area contributed by atoms with Crippen molar-refractivity contribution in [3.63, 3.8) is 0 Å². The number of likely N-dealkylation sites (tertiary alicyclic amines) is 1. The van der Waals surface area contributed by atoms with E-state index >= 15 is 0 Å². The average Bonchev–Trinajstić information content (AvgIpc) is 2.96. The predicted octanol–water partition coefficient (Wildman–Crippen LogP) is 6.97. The van der Waals surface area contributed by atoms with Gasteiger partial charge < -0.3 is 10.1 Å². The van der Waals surface area contributed by atoms with Crippen LogP contribution in [-0.2, 0) is 16.6 Å². The zero-order valence-corrected chi connectivity index (χ0v) is 26.9. The molecule has 1 heterocycles. The molecule has 42 heavy (non-hydrogen) atoms. The van der Waals surface area contributed by atoms with Crippen LogP contribution in [0.15, 0.2) is 77.7 Å². The van der Waals surface area contributed by atoms with Gasteiger partial charge in [0.2, 0.25) is 10.0 Å². The van der Waals surface area contributed by atoms with Crippen molar-refractivity contribution in [2.24, 2.45) is 0 Å². The van der Waals surface area contributed by atoms with E-state index in [1.54, 1.807) is 36.0 Å². The number of hydrogen-bond acceptors (Lipinski definition) is 6. The predicted molar refractivity (Wildman–Crippen MR) is 176 cm³/mol. The number of thioether (sulfide) groups is 1. The van der Waals surface area contributed by atoms with Gasteiger partial charge >= 0.3 is 6.03 Å². The van der Waals surface area contributed by atoms with Crippen molar-refractivity contribution in [2.75, 3.05) is 41.8 Å². The Hall–Kier alpha value is -2.92. The van der Waals surface area contributed by atoms with E-state index in [4.69, 9.17) is 4.74 Å². The fraction of sp³-hybridized carbons (Fsp3) is 0.387. The molecule has 0 aliphatic carbocycles. The molecule has 2 N–H and O–H groups in total. The quantitative estimate of drug-likeness (QED) is 0.210. The molecule has 2 amide bonds. The highest BCUT2D eigenvalue weighted by Gasteiger charge is 2.24. The molecule has 0 aromatic heterocycles. The summed E-state index contributed by atoms with van der Waals surface area (Å²) in [6.45, 7) is 5.55. The second-order valence-electron chi connectivity index (χ2n) is 10.4. The number of amides is 2. The summed E-state index contributed by atoms with van der Waals surface area (Å²) in [5.74, 6) is 1.35. The third-order valence-corrected chi connectivity index (χ3v) is 8.32. The minimum absolute atomic E-state index is 0. The highest BCUT2D eigenvalue weighted by molar-refractivity contribution is 7.98. The Morgan fingerprint density at radius 3 is 2.26 bits per heavy atom. The molecule has 1 fully saturated rings. The third-order valence-electron chi connectivity index (χ3n) is 6.98. The van der Waals surface area contributed by atoms with Gasteiger partial charge in [-0.05, 0) is 85.7 Å². The number of nitrogens with one attached hydrogen (secondary N) is 2. The number of unbranched alkanes of at least 4 members (excludes halogenated alkanes) is 1. The lowest BCUT2D eigenvalue weighted by Gasteiger charge is -2.34. The molecule has 0 radical (unpaired) electrons. The van der Waals surface area contributed by atoms with Gasteiger partial charge in [0.05, 0.1) is 6.26 Å². The monoisotopic (exact) mass is 632 g/mol. The van der Waals surface area contributed by atoms with Crippen LogP contribution in [-0.4, -0.2) is 57.5 Å². The van der Waals surface area contributed by atoms with Gasteiger partial charge in [-0.1, -0.05) is 31.5 Å². The van der Waals surface area contributed by atoms with E-state index in [0.29, 0.717) is 18.0 Å². The summed E-state index contributed by atoms with van der Waals surface area (Å²) in [7, 11) is -3.31. The Bertz CT molecular complexity index is 1380. The molecule has 3 aromatic carbocycles. The van der Waals surface area contributed by atoms with Gasteiger partial charge in [0.25, 0.3) is 0 Å². The second kappa shape index (κ2) is 16.1. The lowest BCUT2D eigenvalue weighted by molar-refractivity contribution is 0.188. The lowest BCUT2D eigenvalue weighted by atomic mass is 10.0. The molecule has 0 saturated carbocycles. The van der Waals surface area contributed by atoms with Crippen molar-refractivity contribution in [1.29, 1.82) is 0 Å². The minimum Gasteiger partial charge on any atom is -0.457 e. The first-order valence-corrected chi connectivity index (χ1v) is 17.1. The summed E-state index contributed by atoms with van der Waals surface area (Å²) >= 11 is 1.69. The number of ether oxygens (including phenoxy) is 1. The first-order chi connectivity index (χ1) is 19.7. The van der Waals surface area contributed by atoms with Crippen molar-refractivity contribution in [1.82, 2.24) is 10.2 Å². The third kappa shape index (κ3) is 10.4. The molecule has 3 aromatic rings. The Morgan fingerprint density at radius 2 is 1.67 bits per heavy atom. The Kier molecular flexibility index (Phi) is 12.8. The summed E-state index contributed by atoms with van der Waals surface area (Å²) < 4.78 is 31.1. The lowest BCUT2D eigenvalue weighted by Crippen LogP contribution is -2.49. The number of piperidine rings is 1.